The van der Waals surface area contributed by atoms with Crippen LogP contribution in [0.25, 0.3) is 0 Å². The number of anilines is 2. The van der Waals surface area contributed by atoms with E-state index in [-0.39, 0.29) is 24.2 Å². The third-order valence-electron chi connectivity index (χ3n) is 7.85. The van der Waals surface area contributed by atoms with Crippen molar-refractivity contribution in [2.45, 2.75) is 45.1 Å². The zero-order chi connectivity index (χ0) is 29.4. The maximum Gasteiger partial charge on any atom is 0.323 e. The Morgan fingerprint density at radius 1 is 1.05 bits per heavy atom. The van der Waals surface area contributed by atoms with E-state index in [0.29, 0.717) is 55.2 Å². The van der Waals surface area contributed by atoms with E-state index in [2.05, 4.69) is 21.3 Å². The molecule has 0 aromatic heterocycles. The molecule has 11 heteroatoms. The lowest BCUT2D eigenvalue weighted by atomic mass is 9.87. The fourth-order valence-corrected chi connectivity index (χ4v) is 5.43. The number of carboxylic acids is 1. The van der Waals surface area contributed by atoms with Crippen LogP contribution in [0.1, 0.15) is 36.8 Å². The van der Waals surface area contributed by atoms with Crippen LogP contribution in [0.15, 0.2) is 42.5 Å². The number of rotatable bonds is 9. The minimum atomic E-state index is -0.838. The van der Waals surface area contributed by atoms with Gasteiger partial charge in [-0.25, -0.2) is 9.59 Å². The number of hydrogen-bond acceptors (Lipinski definition) is 6. The largest absolute Gasteiger partial charge is 0.495 e. The number of likely N-dealkylation sites (tertiary alicyclic amines) is 1. The van der Waals surface area contributed by atoms with Crippen LogP contribution in [-0.2, 0) is 16.0 Å². The van der Waals surface area contributed by atoms with Gasteiger partial charge in [0.1, 0.15) is 5.75 Å². The molecule has 2 aromatic carbocycles. The number of ketones is 1. The summed E-state index contributed by atoms with van der Waals surface area (Å²) in [6, 6.07) is 11.2. The van der Waals surface area contributed by atoms with E-state index >= 15 is 0 Å². The number of urea groups is 2. The molecule has 0 bridgehead atoms. The highest BCUT2D eigenvalue weighted by Gasteiger charge is 2.34. The van der Waals surface area contributed by atoms with Crippen LogP contribution in [0.2, 0.25) is 0 Å². The zero-order valence-electron chi connectivity index (χ0n) is 23.6. The first kappa shape index (κ1) is 29.9. The lowest BCUT2D eigenvalue weighted by Crippen LogP contribution is -2.55. The van der Waals surface area contributed by atoms with Crippen LogP contribution in [-0.4, -0.2) is 73.2 Å². The molecule has 220 valence electrons. The SMILES string of the molecule is COc1cc(CC(=O)C(NC(=O)N2CCC(C(=O)O)CC2)C2CCCNC2)ccc1NC(=O)Nc1ccccc1C. The van der Waals surface area contributed by atoms with Crippen LogP contribution >= 0.6 is 0 Å². The van der Waals surface area contributed by atoms with Gasteiger partial charge < -0.3 is 36.0 Å². The van der Waals surface area contributed by atoms with Gasteiger partial charge in [-0.05, 0) is 74.4 Å². The van der Waals surface area contributed by atoms with Crippen LogP contribution in [0.4, 0.5) is 21.0 Å². The first-order valence-electron chi connectivity index (χ1n) is 14.1. The number of carboxylic acid groups (broad SMARTS) is 1. The molecule has 2 aliphatic heterocycles. The summed E-state index contributed by atoms with van der Waals surface area (Å²) >= 11 is 0. The number of piperidine rings is 2. The fourth-order valence-electron chi connectivity index (χ4n) is 5.43. The minimum Gasteiger partial charge on any atom is -0.495 e. The van der Waals surface area contributed by atoms with Gasteiger partial charge in [0, 0.05) is 31.7 Å². The normalized spacial score (nSPS) is 18.2. The Morgan fingerprint density at radius 2 is 1.78 bits per heavy atom. The number of hydrogen-bond donors (Lipinski definition) is 5. The predicted octanol–water partition coefficient (Wildman–Crippen LogP) is 3.63. The number of nitrogens with one attached hydrogen (secondary N) is 4. The highest BCUT2D eigenvalue weighted by Crippen LogP contribution is 2.27. The zero-order valence-corrected chi connectivity index (χ0v) is 23.6. The van der Waals surface area contributed by atoms with Crippen LogP contribution in [0.5, 0.6) is 5.75 Å². The van der Waals surface area contributed by atoms with E-state index in [1.807, 2.05) is 31.2 Å². The van der Waals surface area contributed by atoms with Gasteiger partial charge in [-0.2, -0.15) is 0 Å². The standard InChI is InChI=1S/C30H39N5O6/c1-19-6-3-4-8-23(19)32-29(39)33-24-10-9-20(17-26(24)41-2)16-25(36)27(22-7-5-13-31-18-22)34-30(40)35-14-11-21(12-15-35)28(37)38/h3-4,6,8-10,17,21-22,27,31H,5,7,11-16,18H2,1-2H3,(H,34,40)(H,37,38)(H2,32,33,39). The summed E-state index contributed by atoms with van der Waals surface area (Å²) in [7, 11) is 1.50. The van der Waals surface area contributed by atoms with E-state index in [4.69, 9.17) is 4.74 Å². The number of para-hydroxylation sites is 1. The molecule has 2 aliphatic rings. The highest BCUT2D eigenvalue weighted by atomic mass is 16.5. The first-order valence-corrected chi connectivity index (χ1v) is 14.1. The second kappa shape index (κ2) is 14.0. The number of methoxy groups -OCH3 is 1. The molecule has 0 saturated carbocycles. The number of ether oxygens (including phenoxy) is 1. The van der Waals surface area contributed by atoms with Crippen molar-refractivity contribution in [1.82, 2.24) is 15.5 Å². The Kier molecular flexibility index (Phi) is 10.2. The number of aliphatic carboxylic acids is 1. The summed E-state index contributed by atoms with van der Waals surface area (Å²) in [6.07, 6.45) is 2.60. The molecule has 2 unspecified atom stereocenters. The van der Waals surface area contributed by atoms with Gasteiger partial charge >= 0.3 is 18.0 Å². The summed E-state index contributed by atoms with van der Waals surface area (Å²) in [6.45, 7) is 4.09. The van der Waals surface area contributed by atoms with Crippen molar-refractivity contribution in [3.8, 4) is 5.75 Å². The van der Waals surface area contributed by atoms with Crippen LogP contribution in [0.3, 0.4) is 0 Å². The van der Waals surface area contributed by atoms with E-state index in [1.54, 1.807) is 23.1 Å². The molecule has 4 rings (SSSR count). The molecular weight excluding hydrogens is 526 g/mol. The summed E-state index contributed by atoms with van der Waals surface area (Å²) in [5, 5.41) is 21.2. The molecule has 11 nitrogen and oxygen atoms in total. The minimum absolute atomic E-state index is 0.0512. The van der Waals surface area contributed by atoms with Crippen molar-refractivity contribution >= 4 is 35.2 Å². The Balaban J connectivity index is 1.42. The lowest BCUT2D eigenvalue weighted by molar-refractivity contribution is -0.143. The molecular formula is C30H39N5O6. The molecule has 0 radical (unpaired) electrons. The van der Waals surface area contributed by atoms with Gasteiger partial charge in [0.05, 0.1) is 24.8 Å². The van der Waals surface area contributed by atoms with Gasteiger partial charge in [0.2, 0.25) is 0 Å². The molecule has 4 amide bonds. The molecule has 2 saturated heterocycles. The monoisotopic (exact) mass is 565 g/mol. The van der Waals surface area contributed by atoms with Crippen molar-refractivity contribution in [2.75, 3.05) is 43.9 Å². The van der Waals surface area contributed by atoms with Gasteiger partial charge in [0.25, 0.3) is 0 Å². The third kappa shape index (κ3) is 7.97. The van der Waals surface area contributed by atoms with Crippen molar-refractivity contribution in [3.05, 3.63) is 53.6 Å². The van der Waals surface area contributed by atoms with E-state index in [0.717, 1.165) is 24.9 Å². The van der Waals surface area contributed by atoms with Crippen molar-refractivity contribution in [1.29, 1.82) is 0 Å². The molecule has 41 heavy (non-hydrogen) atoms. The Labute approximate surface area is 240 Å². The molecule has 2 heterocycles. The number of aryl methyl sites for hydroxylation is 1. The van der Waals surface area contributed by atoms with E-state index in [1.165, 1.54) is 7.11 Å². The lowest BCUT2D eigenvalue weighted by Gasteiger charge is -2.35. The molecule has 5 N–H and O–H groups in total. The molecule has 2 atom stereocenters. The van der Waals surface area contributed by atoms with Crippen LogP contribution < -0.4 is 26.0 Å². The smallest absolute Gasteiger partial charge is 0.323 e. The van der Waals surface area contributed by atoms with Gasteiger partial charge in [-0.3, -0.25) is 9.59 Å². The second-order valence-corrected chi connectivity index (χ2v) is 10.7. The number of benzene rings is 2. The van der Waals surface area contributed by atoms with Gasteiger partial charge in [-0.1, -0.05) is 24.3 Å². The number of nitrogens with zero attached hydrogens (tertiary/aromatic N) is 1. The van der Waals surface area contributed by atoms with Crippen LogP contribution in [0, 0.1) is 18.8 Å². The Hall–Kier alpha value is -4.12. The summed E-state index contributed by atoms with van der Waals surface area (Å²) in [4.78, 5) is 52.2. The number of amides is 4. The van der Waals surface area contributed by atoms with Gasteiger partial charge in [-0.15, -0.1) is 0 Å². The van der Waals surface area contributed by atoms with Crippen molar-refractivity contribution in [2.24, 2.45) is 11.8 Å². The van der Waals surface area contributed by atoms with Gasteiger partial charge in [0.15, 0.2) is 5.78 Å². The number of Topliss-reactive ketones (excluding diaryl/α,β-unsaturated/α-hetero) is 1. The maximum atomic E-state index is 13.6. The summed E-state index contributed by atoms with van der Waals surface area (Å²) in [5.74, 6) is -1.04. The highest BCUT2D eigenvalue weighted by molar-refractivity contribution is 6.01. The average molecular weight is 566 g/mol. The molecule has 2 aromatic rings. The second-order valence-electron chi connectivity index (χ2n) is 10.7. The topological polar surface area (TPSA) is 149 Å². The fraction of sp³-hybridized carbons (Fsp3) is 0.467. The van der Waals surface area contributed by atoms with E-state index in [9.17, 15) is 24.3 Å². The van der Waals surface area contributed by atoms with E-state index < -0.39 is 24.0 Å². The Morgan fingerprint density at radius 3 is 2.44 bits per heavy atom. The summed E-state index contributed by atoms with van der Waals surface area (Å²) in [5.41, 5.74) is 2.79. The third-order valence-corrected chi connectivity index (χ3v) is 7.85. The molecule has 2 fully saturated rings. The molecule has 0 spiro atoms. The summed E-state index contributed by atoms with van der Waals surface area (Å²) < 4.78 is 5.51. The number of carbonyl (C=O) groups is 4. The Bertz CT molecular complexity index is 1250. The number of carbonyl (C=O) groups excluding carboxylic acids is 3. The first-order chi connectivity index (χ1) is 19.7. The average Bonchev–Trinajstić information content (AvgIpc) is 2.98. The molecule has 0 aliphatic carbocycles. The van der Waals surface area contributed by atoms with Crippen molar-refractivity contribution in [3.63, 3.8) is 0 Å². The predicted molar refractivity (Wildman–Crippen MR) is 155 cm³/mol. The quantitative estimate of drug-likeness (QED) is 0.312. The maximum absolute atomic E-state index is 13.6. The van der Waals surface area contributed by atoms with Crippen molar-refractivity contribution < 1.29 is 29.0 Å².